The minimum absolute atomic E-state index is 0.0286. The second-order valence-corrected chi connectivity index (χ2v) is 10.1. The Morgan fingerprint density at radius 3 is 2.36 bits per heavy atom. The first-order chi connectivity index (χ1) is 16.1. The van der Waals surface area contributed by atoms with Gasteiger partial charge in [0.05, 0.1) is 16.3 Å². The van der Waals surface area contributed by atoms with E-state index in [9.17, 15) is 4.79 Å². The van der Waals surface area contributed by atoms with Crippen molar-refractivity contribution >= 4 is 46.3 Å². The van der Waals surface area contributed by atoms with E-state index in [1.807, 2.05) is 59.2 Å². The fourth-order valence-corrected chi connectivity index (χ4v) is 5.93. The van der Waals surface area contributed by atoms with Gasteiger partial charge in [0, 0.05) is 15.6 Å². The van der Waals surface area contributed by atoms with Crippen molar-refractivity contribution in [3.63, 3.8) is 0 Å². The largest absolute Gasteiger partial charge is 0.272 e. The van der Waals surface area contributed by atoms with Crippen LogP contribution in [-0.4, -0.2) is 4.57 Å². The van der Waals surface area contributed by atoms with Gasteiger partial charge < -0.3 is 0 Å². The van der Waals surface area contributed by atoms with Crippen LogP contribution in [0, 0.1) is 0 Å². The number of halogens is 2. The molecule has 0 N–H and O–H groups in total. The molecule has 4 aromatic rings. The number of allylic oxidation sites excluding steroid dienone is 1. The van der Waals surface area contributed by atoms with Gasteiger partial charge in [-0.3, -0.25) is 9.36 Å². The van der Waals surface area contributed by atoms with Crippen molar-refractivity contribution in [2.45, 2.75) is 18.9 Å². The average molecular weight is 489 g/mol. The highest BCUT2D eigenvalue weighted by Crippen LogP contribution is 2.41. The molecule has 3 aromatic carbocycles. The third-order valence-corrected chi connectivity index (χ3v) is 7.71. The standard InChI is InChI=1S/C27H18Cl2N2OS/c28-19-10-5-16(6-11-19)15-23-26(32)31-25(18-7-12-20(29)13-8-18)22-14-9-17-3-1-2-4-21(17)24(22)30-27(31)33-23/h1-8,10-13,15,25H,9,14H2/b23-15+/t25-/m1/s1. The lowest BCUT2D eigenvalue weighted by molar-refractivity contribution is 0.585. The lowest BCUT2D eigenvalue weighted by Gasteiger charge is -2.30. The van der Waals surface area contributed by atoms with Crippen molar-refractivity contribution in [2.75, 3.05) is 0 Å². The maximum Gasteiger partial charge on any atom is 0.271 e. The van der Waals surface area contributed by atoms with Gasteiger partial charge in [-0.2, -0.15) is 0 Å². The topological polar surface area (TPSA) is 34.4 Å². The van der Waals surface area contributed by atoms with Gasteiger partial charge in [-0.1, -0.05) is 83.1 Å². The summed E-state index contributed by atoms with van der Waals surface area (Å²) in [6.07, 6.45) is 3.71. The van der Waals surface area contributed by atoms with E-state index in [-0.39, 0.29) is 11.6 Å². The Morgan fingerprint density at radius 2 is 1.61 bits per heavy atom. The zero-order valence-corrected chi connectivity index (χ0v) is 19.8. The van der Waals surface area contributed by atoms with Crippen LogP contribution in [0.2, 0.25) is 10.0 Å². The molecule has 2 aliphatic rings. The van der Waals surface area contributed by atoms with Gasteiger partial charge in [-0.15, -0.1) is 0 Å². The summed E-state index contributed by atoms with van der Waals surface area (Å²) in [4.78, 5) is 19.4. The summed E-state index contributed by atoms with van der Waals surface area (Å²) in [7, 11) is 0. The molecule has 1 aliphatic carbocycles. The summed E-state index contributed by atoms with van der Waals surface area (Å²) in [5.41, 5.74) is 6.59. The number of fused-ring (bicyclic) bond motifs is 3. The predicted molar refractivity (Wildman–Crippen MR) is 136 cm³/mol. The molecule has 0 radical (unpaired) electrons. The molecular formula is C27H18Cl2N2OS. The van der Waals surface area contributed by atoms with E-state index < -0.39 is 0 Å². The van der Waals surface area contributed by atoms with E-state index >= 15 is 0 Å². The van der Waals surface area contributed by atoms with E-state index in [1.54, 1.807) is 0 Å². The second-order valence-electron chi connectivity index (χ2n) is 8.22. The van der Waals surface area contributed by atoms with Crippen LogP contribution in [0.5, 0.6) is 0 Å². The Morgan fingerprint density at radius 1 is 0.909 bits per heavy atom. The lowest BCUT2D eigenvalue weighted by Crippen LogP contribution is -2.38. The van der Waals surface area contributed by atoms with Crippen LogP contribution in [0.4, 0.5) is 0 Å². The average Bonchev–Trinajstić information content (AvgIpc) is 3.14. The predicted octanol–water partition coefficient (Wildman–Crippen LogP) is 5.63. The monoisotopic (exact) mass is 488 g/mol. The van der Waals surface area contributed by atoms with Crippen LogP contribution in [0.3, 0.4) is 0 Å². The van der Waals surface area contributed by atoms with Crippen LogP contribution >= 0.6 is 34.5 Å². The second kappa shape index (κ2) is 8.14. The maximum atomic E-state index is 13.7. The summed E-state index contributed by atoms with van der Waals surface area (Å²) in [5, 5.41) is 1.35. The highest BCUT2D eigenvalue weighted by Gasteiger charge is 2.32. The lowest BCUT2D eigenvalue weighted by atomic mass is 9.83. The fourth-order valence-electron chi connectivity index (χ4n) is 4.68. The zero-order valence-electron chi connectivity index (χ0n) is 17.5. The van der Waals surface area contributed by atoms with E-state index in [1.165, 1.54) is 22.5 Å². The van der Waals surface area contributed by atoms with Crippen molar-refractivity contribution in [1.82, 2.24) is 4.57 Å². The van der Waals surface area contributed by atoms with Gasteiger partial charge in [-0.25, -0.2) is 4.99 Å². The van der Waals surface area contributed by atoms with Crippen LogP contribution in [0.25, 0.3) is 11.8 Å². The smallest absolute Gasteiger partial charge is 0.271 e. The van der Waals surface area contributed by atoms with Gasteiger partial charge in [0.1, 0.15) is 0 Å². The third kappa shape index (κ3) is 3.59. The molecule has 0 saturated carbocycles. The first-order valence-corrected chi connectivity index (χ1v) is 12.3. The molecule has 3 nitrogen and oxygen atoms in total. The van der Waals surface area contributed by atoms with Gasteiger partial charge in [0.2, 0.25) is 0 Å². The molecular weight excluding hydrogens is 471 g/mol. The number of hydrogen-bond acceptors (Lipinski definition) is 3. The van der Waals surface area contributed by atoms with Crippen molar-refractivity contribution in [2.24, 2.45) is 4.99 Å². The highest BCUT2D eigenvalue weighted by atomic mass is 35.5. The van der Waals surface area contributed by atoms with Crippen LogP contribution in [-0.2, 0) is 6.42 Å². The number of rotatable bonds is 2. The Labute approximate surface area is 204 Å². The Balaban J connectivity index is 1.62. The van der Waals surface area contributed by atoms with Crippen molar-refractivity contribution in [3.8, 4) is 0 Å². The molecule has 0 saturated heterocycles. The maximum absolute atomic E-state index is 13.7. The molecule has 1 aliphatic heterocycles. The minimum atomic E-state index is -0.200. The summed E-state index contributed by atoms with van der Waals surface area (Å²) in [5.74, 6) is 0. The Kier molecular flexibility index (Phi) is 5.10. The Hall–Kier alpha value is -2.92. The summed E-state index contributed by atoms with van der Waals surface area (Å²) in [6, 6.07) is 23.5. The minimum Gasteiger partial charge on any atom is -0.272 e. The van der Waals surface area contributed by atoms with E-state index in [0.717, 1.165) is 40.0 Å². The molecule has 0 fully saturated rings. The summed E-state index contributed by atoms with van der Waals surface area (Å²) in [6.45, 7) is 0. The number of aromatic nitrogens is 1. The van der Waals surface area contributed by atoms with Crippen LogP contribution in [0.1, 0.15) is 34.7 Å². The fraction of sp³-hybridized carbons (Fsp3) is 0.111. The molecule has 0 unspecified atom stereocenters. The molecule has 6 rings (SSSR count). The van der Waals surface area contributed by atoms with Gasteiger partial charge in [0.15, 0.2) is 4.80 Å². The van der Waals surface area contributed by atoms with Crippen LogP contribution < -0.4 is 14.9 Å². The molecule has 0 spiro atoms. The number of hydrogen-bond donors (Lipinski definition) is 0. The SMILES string of the molecule is O=c1/c(=C\c2ccc(Cl)cc2)sc2n1[C@H](c1ccc(Cl)cc1)C1=C(N=2)c2ccccc2CC1. The van der Waals surface area contributed by atoms with Crippen molar-refractivity contribution in [3.05, 3.63) is 130 Å². The highest BCUT2D eigenvalue weighted by molar-refractivity contribution is 7.07. The molecule has 162 valence electrons. The van der Waals surface area contributed by atoms with E-state index in [0.29, 0.717) is 14.6 Å². The first-order valence-electron chi connectivity index (χ1n) is 10.7. The summed E-state index contributed by atoms with van der Waals surface area (Å²) < 4.78 is 2.51. The Bertz CT molecular complexity index is 1600. The van der Waals surface area contributed by atoms with E-state index in [4.69, 9.17) is 28.2 Å². The molecule has 1 aromatic heterocycles. The van der Waals surface area contributed by atoms with Gasteiger partial charge >= 0.3 is 0 Å². The van der Waals surface area contributed by atoms with Gasteiger partial charge in [-0.05, 0) is 65.4 Å². The molecule has 1 atom stereocenters. The van der Waals surface area contributed by atoms with Crippen molar-refractivity contribution in [1.29, 1.82) is 0 Å². The number of thiazole rings is 1. The zero-order chi connectivity index (χ0) is 22.5. The molecule has 2 heterocycles. The quantitative estimate of drug-likeness (QED) is 0.360. The first kappa shape index (κ1) is 20.7. The van der Waals surface area contributed by atoms with Gasteiger partial charge in [0.25, 0.3) is 5.56 Å². The summed E-state index contributed by atoms with van der Waals surface area (Å²) >= 11 is 13.6. The molecule has 33 heavy (non-hydrogen) atoms. The molecule has 6 heteroatoms. The third-order valence-electron chi connectivity index (χ3n) is 6.23. The van der Waals surface area contributed by atoms with Crippen molar-refractivity contribution < 1.29 is 0 Å². The van der Waals surface area contributed by atoms with Crippen LogP contribution in [0.15, 0.2) is 88.2 Å². The van der Waals surface area contributed by atoms with E-state index in [2.05, 4.69) is 24.3 Å². The number of aryl methyl sites for hydroxylation is 1. The number of benzene rings is 3. The molecule has 0 amide bonds. The molecule has 0 bridgehead atoms. The number of nitrogens with zero attached hydrogens (tertiary/aromatic N) is 2. The normalized spacial score (nSPS) is 17.3.